The first-order chi connectivity index (χ1) is 15.9. The van der Waals surface area contributed by atoms with E-state index in [1.165, 1.54) is 25.3 Å². The van der Waals surface area contributed by atoms with Crippen molar-refractivity contribution >= 4 is 50.8 Å². The Kier molecular flexibility index (Phi) is 4.82. The van der Waals surface area contributed by atoms with Gasteiger partial charge in [-0.2, -0.15) is 0 Å². The highest BCUT2D eigenvalue weighted by Gasteiger charge is 2.29. The summed E-state index contributed by atoms with van der Waals surface area (Å²) in [6, 6.07) is 14.9. The van der Waals surface area contributed by atoms with Crippen LogP contribution in [0.4, 0.5) is 17.1 Å². The summed E-state index contributed by atoms with van der Waals surface area (Å²) in [6.45, 7) is -0.635. The number of ether oxygens (including phenoxy) is 2. The summed E-state index contributed by atoms with van der Waals surface area (Å²) >= 11 is 0. The van der Waals surface area contributed by atoms with Crippen molar-refractivity contribution in [2.75, 3.05) is 30.5 Å². The quantitative estimate of drug-likeness (QED) is 0.364. The monoisotopic (exact) mass is 447 g/mol. The number of carbonyl (C=O) groups excluding carboxylic acids is 2. The van der Waals surface area contributed by atoms with Crippen LogP contribution in [0.15, 0.2) is 59.0 Å². The van der Waals surface area contributed by atoms with Crippen molar-refractivity contribution in [2.45, 2.75) is 0 Å². The zero-order chi connectivity index (χ0) is 23.1. The number of methoxy groups -OCH3 is 1. The van der Waals surface area contributed by atoms with Gasteiger partial charge in [0, 0.05) is 29.0 Å². The van der Waals surface area contributed by atoms with Crippen LogP contribution in [0.25, 0.3) is 21.9 Å². The maximum Gasteiger partial charge on any atom is 0.271 e. The molecule has 0 spiro atoms. The average molecular weight is 447 g/mol. The third-order valence-electron chi connectivity index (χ3n) is 5.37. The van der Waals surface area contributed by atoms with E-state index in [9.17, 15) is 19.7 Å². The summed E-state index contributed by atoms with van der Waals surface area (Å²) in [5.41, 5.74) is 1.59. The van der Waals surface area contributed by atoms with Crippen LogP contribution in [-0.4, -0.2) is 37.0 Å². The molecule has 0 bridgehead atoms. The van der Waals surface area contributed by atoms with Gasteiger partial charge in [-0.3, -0.25) is 24.6 Å². The average Bonchev–Trinajstić information content (AvgIpc) is 3.17. The van der Waals surface area contributed by atoms with E-state index in [0.717, 1.165) is 15.7 Å². The highest BCUT2D eigenvalue weighted by molar-refractivity contribution is 6.09. The Balaban J connectivity index is 1.45. The first kappa shape index (κ1) is 20.3. The van der Waals surface area contributed by atoms with Gasteiger partial charge in [0.2, 0.25) is 5.91 Å². The fraction of sp³-hybridized carbons (Fsp3) is 0.130. The normalized spacial score (nSPS) is 13.0. The second-order valence-electron chi connectivity index (χ2n) is 7.37. The molecule has 3 aromatic carbocycles. The lowest BCUT2D eigenvalue weighted by molar-refractivity contribution is -0.384. The number of furan rings is 1. The zero-order valence-corrected chi connectivity index (χ0v) is 17.4. The Bertz CT molecular complexity index is 1440. The van der Waals surface area contributed by atoms with Crippen molar-refractivity contribution < 1.29 is 28.4 Å². The van der Waals surface area contributed by atoms with Crippen LogP contribution < -0.4 is 19.7 Å². The minimum absolute atomic E-state index is 0.162. The molecular formula is C23H17N3O7. The van der Waals surface area contributed by atoms with Gasteiger partial charge in [0.25, 0.3) is 11.6 Å². The van der Waals surface area contributed by atoms with Gasteiger partial charge in [0.1, 0.15) is 29.2 Å². The smallest absolute Gasteiger partial charge is 0.271 e. The minimum Gasteiger partial charge on any atom is -0.495 e. The van der Waals surface area contributed by atoms with Crippen LogP contribution >= 0.6 is 0 Å². The van der Waals surface area contributed by atoms with E-state index in [0.29, 0.717) is 22.6 Å². The van der Waals surface area contributed by atoms with Crippen LogP contribution in [-0.2, 0) is 9.59 Å². The largest absolute Gasteiger partial charge is 0.495 e. The molecule has 33 heavy (non-hydrogen) atoms. The van der Waals surface area contributed by atoms with E-state index in [4.69, 9.17) is 13.9 Å². The molecule has 1 aliphatic rings. The first-order valence-electron chi connectivity index (χ1n) is 9.95. The Labute approximate surface area is 186 Å². The Hall–Kier alpha value is -4.60. The summed E-state index contributed by atoms with van der Waals surface area (Å²) in [5.74, 6) is -0.296. The number of fused-ring (bicyclic) bond motifs is 4. The predicted octanol–water partition coefficient (Wildman–Crippen LogP) is 3.87. The zero-order valence-electron chi connectivity index (χ0n) is 17.4. The van der Waals surface area contributed by atoms with E-state index in [1.807, 2.05) is 24.3 Å². The standard InChI is InChI=1S/C23H17N3O7/c1-31-21-9-15-14-4-2-3-5-18(14)33-20(15)10-16(21)24-22(27)11-25-17-8-13(26(29)30)6-7-19(17)32-12-23(25)28/h2-10H,11-12H2,1H3,(H,24,27). The molecule has 0 saturated carbocycles. The van der Waals surface area contributed by atoms with Crippen molar-refractivity contribution in [1.82, 2.24) is 0 Å². The molecule has 0 saturated heterocycles. The van der Waals surface area contributed by atoms with E-state index >= 15 is 0 Å². The first-order valence-corrected chi connectivity index (χ1v) is 9.95. The van der Waals surface area contributed by atoms with Gasteiger partial charge in [-0.25, -0.2) is 0 Å². The SMILES string of the molecule is COc1cc2c(cc1NC(=O)CN1C(=O)COc3ccc([N+](=O)[O-])cc31)oc1ccccc12. The topological polar surface area (TPSA) is 124 Å². The molecule has 0 unspecified atom stereocenters. The number of para-hydroxylation sites is 1. The minimum atomic E-state index is -0.578. The van der Waals surface area contributed by atoms with Crippen molar-refractivity contribution in [3.63, 3.8) is 0 Å². The number of nitro benzene ring substituents is 1. The van der Waals surface area contributed by atoms with Gasteiger partial charge in [-0.05, 0) is 18.2 Å². The third kappa shape index (κ3) is 3.57. The molecule has 1 N–H and O–H groups in total. The van der Waals surface area contributed by atoms with Crippen LogP contribution in [0.2, 0.25) is 0 Å². The lowest BCUT2D eigenvalue weighted by Crippen LogP contribution is -2.43. The number of rotatable bonds is 5. The van der Waals surface area contributed by atoms with Gasteiger partial charge in [0.05, 0.1) is 23.4 Å². The summed E-state index contributed by atoms with van der Waals surface area (Å²) in [7, 11) is 1.49. The van der Waals surface area contributed by atoms with Gasteiger partial charge < -0.3 is 19.2 Å². The number of anilines is 2. The van der Waals surface area contributed by atoms with Crippen LogP contribution in [0, 0.1) is 10.1 Å². The molecule has 10 nitrogen and oxygen atoms in total. The van der Waals surface area contributed by atoms with Crippen molar-refractivity contribution in [1.29, 1.82) is 0 Å². The van der Waals surface area contributed by atoms with Gasteiger partial charge >= 0.3 is 0 Å². The van der Waals surface area contributed by atoms with Crippen molar-refractivity contribution in [2.24, 2.45) is 0 Å². The highest BCUT2D eigenvalue weighted by atomic mass is 16.6. The molecule has 166 valence electrons. The van der Waals surface area contributed by atoms with Crippen LogP contribution in [0.3, 0.4) is 0 Å². The van der Waals surface area contributed by atoms with E-state index in [1.54, 1.807) is 12.1 Å². The van der Waals surface area contributed by atoms with E-state index in [2.05, 4.69) is 5.32 Å². The third-order valence-corrected chi connectivity index (χ3v) is 5.37. The molecule has 4 aromatic rings. The molecule has 1 aliphatic heterocycles. The maximum absolute atomic E-state index is 12.9. The van der Waals surface area contributed by atoms with Crippen molar-refractivity contribution in [3.8, 4) is 11.5 Å². The van der Waals surface area contributed by atoms with Gasteiger partial charge in [-0.15, -0.1) is 0 Å². The molecular weight excluding hydrogens is 430 g/mol. The number of carbonyl (C=O) groups is 2. The van der Waals surface area contributed by atoms with Gasteiger partial charge in [-0.1, -0.05) is 18.2 Å². The second-order valence-corrected chi connectivity index (χ2v) is 7.37. The number of nitrogens with zero attached hydrogens (tertiary/aromatic N) is 2. The van der Waals surface area contributed by atoms with Crippen molar-refractivity contribution in [3.05, 3.63) is 64.7 Å². The Morgan fingerprint density at radius 3 is 2.76 bits per heavy atom. The predicted molar refractivity (Wildman–Crippen MR) is 120 cm³/mol. The van der Waals surface area contributed by atoms with E-state index < -0.39 is 16.7 Å². The Morgan fingerprint density at radius 1 is 1.15 bits per heavy atom. The molecule has 2 heterocycles. The summed E-state index contributed by atoms with van der Waals surface area (Å²) in [5, 5.41) is 15.6. The molecule has 0 atom stereocenters. The van der Waals surface area contributed by atoms with Crippen LogP contribution in [0.5, 0.6) is 11.5 Å². The highest BCUT2D eigenvalue weighted by Crippen LogP contribution is 2.37. The molecule has 5 rings (SSSR count). The number of nitrogens with one attached hydrogen (secondary N) is 1. The molecule has 0 radical (unpaired) electrons. The van der Waals surface area contributed by atoms with E-state index in [-0.39, 0.29) is 30.3 Å². The number of non-ortho nitro benzene ring substituents is 1. The molecule has 10 heteroatoms. The second kappa shape index (κ2) is 7.83. The maximum atomic E-state index is 12.9. The van der Waals surface area contributed by atoms with Crippen LogP contribution in [0.1, 0.15) is 0 Å². The fourth-order valence-corrected chi connectivity index (χ4v) is 3.83. The lowest BCUT2D eigenvalue weighted by atomic mass is 10.1. The number of hydrogen-bond donors (Lipinski definition) is 1. The lowest BCUT2D eigenvalue weighted by Gasteiger charge is -2.28. The number of hydrogen-bond acceptors (Lipinski definition) is 7. The number of nitro groups is 1. The van der Waals surface area contributed by atoms with Gasteiger partial charge in [0.15, 0.2) is 6.61 Å². The summed E-state index contributed by atoms with van der Waals surface area (Å²) in [4.78, 5) is 37.0. The Morgan fingerprint density at radius 2 is 1.97 bits per heavy atom. The molecule has 1 aromatic heterocycles. The molecule has 0 aliphatic carbocycles. The summed E-state index contributed by atoms with van der Waals surface area (Å²) < 4.78 is 16.7. The molecule has 2 amide bonds. The number of benzene rings is 3. The fourth-order valence-electron chi connectivity index (χ4n) is 3.83. The molecule has 0 fully saturated rings. The number of amides is 2. The summed E-state index contributed by atoms with van der Waals surface area (Å²) in [6.07, 6.45) is 0.